The zero-order valence-corrected chi connectivity index (χ0v) is 20.0. The van der Waals surface area contributed by atoms with Crippen molar-refractivity contribution in [2.45, 2.75) is 19.4 Å². The number of rotatable bonds is 9. The smallest absolute Gasteiger partial charge is 0.231 e. The first-order valence-electron chi connectivity index (χ1n) is 10.6. The molecule has 4 rings (SSSR count). The molecule has 9 heteroatoms. The predicted molar refractivity (Wildman–Crippen MR) is 129 cm³/mol. The number of aliphatic imine (C=N–C) groups is 1. The second-order valence-corrected chi connectivity index (χ2v) is 7.34. The molecule has 1 aromatic carbocycles. The fraction of sp³-hybridized carbons (Fsp3) is 0.500. The molecule has 0 saturated carbocycles. The van der Waals surface area contributed by atoms with Crippen molar-refractivity contribution < 1.29 is 18.6 Å². The summed E-state index contributed by atoms with van der Waals surface area (Å²) in [6.45, 7) is 7.25. The van der Waals surface area contributed by atoms with Crippen LogP contribution in [0.25, 0.3) is 0 Å². The van der Waals surface area contributed by atoms with Crippen molar-refractivity contribution in [3.8, 4) is 11.5 Å². The number of morpholine rings is 1. The van der Waals surface area contributed by atoms with E-state index in [1.165, 1.54) is 0 Å². The van der Waals surface area contributed by atoms with E-state index in [-0.39, 0.29) is 30.8 Å². The van der Waals surface area contributed by atoms with Gasteiger partial charge < -0.3 is 29.3 Å². The van der Waals surface area contributed by atoms with Crippen molar-refractivity contribution in [3.05, 3.63) is 47.9 Å². The Kier molecular flexibility index (Phi) is 9.76. The number of furan rings is 1. The number of halogens is 1. The van der Waals surface area contributed by atoms with Crippen LogP contribution in [0.15, 0.2) is 46.0 Å². The predicted octanol–water partition coefficient (Wildman–Crippen LogP) is 2.63. The van der Waals surface area contributed by atoms with Crippen molar-refractivity contribution in [2.24, 2.45) is 4.99 Å². The average molecular weight is 542 g/mol. The highest BCUT2D eigenvalue weighted by atomic mass is 127. The summed E-state index contributed by atoms with van der Waals surface area (Å²) in [5.74, 6) is 3.35. The van der Waals surface area contributed by atoms with Crippen LogP contribution in [0.5, 0.6) is 11.5 Å². The Bertz CT molecular complexity index is 810. The molecule has 0 aliphatic carbocycles. The molecule has 170 valence electrons. The van der Waals surface area contributed by atoms with Crippen molar-refractivity contribution in [1.82, 2.24) is 15.5 Å². The van der Waals surface area contributed by atoms with E-state index in [1.807, 2.05) is 30.3 Å². The van der Waals surface area contributed by atoms with Crippen molar-refractivity contribution in [1.29, 1.82) is 0 Å². The number of benzene rings is 1. The largest absolute Gasteiger partial charge is 0.469 e. The SMILES string of the molecule is I.c1coc(CCNC(=NCc2ccc3c(c2)OCO3)NCCCN2CCOCC2)c1. The Morgan fingerprint density at radius 3 is 2.71 bits per heavy atom. The van der Waals surface area contributed by atoms with Crippen LogP contribution < -0.4 is 20.1 Å². The quantitative estimate of drug-likeness (QED) is 0.218. The molecule has 1 fully saturated rings. The highest BCUT2D eigenvalue weighted by molar-refractivity contribution is 14.0. The highest BCUT2D eigenvalue weighted by Crippen LogP contribution is 2.32. The van der Waals surface area contributed by atoms with Gasteiger partial charge in [0, 0.05) is 32.6 Å². The van der Waals surface area contributed by atoms with Crippen LogP contribution in [0.1, 0.15) is 17.7 Å². The molecule has 0 bridgehead atoms. The lowest BCUT2D eigenvalue weighted by Crippen LogP contribution is -2.41. The zero-order valence-electron chi connectivity index (χ0n) is 17.7. The third-order valence-corrected chi connectivity index (χ3v) is 5.15. The van der Waals surface area contributed by atoms with Gasteiger partial charge in [-0.3, -0.25) is 4.90 Å². The van der Waals surface area contributed by atoms with E-state index in [1.54, 1.807) is 6.26 Å². The summed E-state index contributed by atoms with van der Waals surface area (Å²) >= 11 is 0. The lowest BCUT2D eigenvalue weighted by Gasteiger charge is -2.26. The van der Waals surface area contributed by atoms with E-state index in [0.29, 0.717) is 6.54 Å². The summed E-state index contributed by atoms with van der Waals surface area (Å²) < 4.78 is 21.7. The Hall–Kier alpha value is -1.98. The molecule has 3 heterocycles. The van der Waals surface area contributed by atoms with Gasteiger partial charge in [-0.2, -0.15) is 0 Å². The summed E-state index contributed by atoms with van der Waals surface area (Å²) in [6, 6.07) is 9.85. The standard InChI is InChI=1S/C22H30N4O4.HI/c1-3-19(28-12-1)6-8-24-22(23-7-2-9-26-10-13-27-14-11-26)25-16-18-4-5-20-21(15-18)30-17-29-20;/h1,3-5,12,15H,2,6-11,13-14,16-17H2,(H2,23,24,25);1H. The molecule has 2 N–H and O–H groups in total. The summed E-state index contributed by atoms with van der Waals surface area (Å²) in [5, 5.41) is 6.86. The van der Waals surface area contributed by atoms with Gasteiger partial charge in [0.15, 0.2) is 17.5 Å². The van der Waals surface area contributed by atoms with Crippen LogP contribution in [0.3, 0.4) is 0 Å². The van der Waals surface area contributed by atoms with Crippen molar-refractivity contribution >= 4 is 29.9 Å². The number of nitrogens with zero attached hydrogens (tertiary/aromatic N) is 2. The van der Waals surface area contributed by atoms with Crippen LogP contribution >= 0.6 is 24.0 Å². The van der Waals surface area contributed by atoms with E-state index in [4.69, 9.17) is 23.6 Å². The van der Waals surface area contributed by atoms with Crippen molar-refractivity contribution in [2.75, 3.05) is 52.7 Å². The number of nitrogens with one attached hydrogen (secondary N) is 2. The minimum atomic E-state index is 0. The number of guanidine groups is 1. The van der Waals surface area contributed by atoms with Gasteiger partial charge in [0.1, 0.15) is 5.76 Å². The minimum absolute atomic E-state index is 0. The minimum Gasteiger partial charge on any atom is -0.469 e. The molecule has 31 heavy (non-hydrogen) atoms. The summed E-state index contributed by atoms with van der Waals surface area (Å²) in [5.41, 5.74) is 1.08. The molecule has 2 aliphatic heterocycles. The number of hydrogen-bond donors (Lipinski definition) is 2. The second kappa shape index (κ2) is 12.8. The normalized spacial score (nSPS) is 16.1. The molecule has 2 aromatic rings. The first-order valence-corrected chi connectivity index (χ1v) is 10.6. The molecule has 1 saturated heterocycles. The molecular formula is C22H31IN4O4. The molecule has 2 aliphatic rings. The second-order valence-electron chi connectivity index (χ2n) is 7.34. The monoisotopic (exact) mass is 542 g/mol. The Labute approximate surface area is 200 Å². The van der Waals surface area contributed by atoms with Gasteiger partial charge in [-0.15, -0.1) is 24.0 Å². The maximum atomic E-state index is 5.46. The number of fused-ring (bicyclic) bond motifs is 1. The van der Waals surface area contributed by atoms with E-state index in [9.17, 15) is 0 Å². The molecule has 0 atom stereocenters. The molecular weight excluding hydrogens is 511 g/mol. The van der Waals surface area contributed by atoms with E-state index < -0.39 is 0 Å². The van der Waals surface area contributed by atoms with Crippen LogP contribution in [-0.2, 0) is 17.7 Å². The first kappa shape index (κ1) is 23.7. The lowest BCUT2D eigenvalue weighted by atomic mass is 10.2. The molecule has 0 spiro atoms. The Morgan fingerprint density at radius 1 is 1.03 bits per heavy atom. The van der Waals surface area contributed by atoms with Crippen LogP contribution in [0, 0.1) is 0 Å². The van der Waals surface area contributed by atoms with E-state index in [0.717, 1.165) is 87.6 Å². The molecule has 1 aromatic heterocycles. The molecule has 0 radical (unpaired) electrons. The van der Waals surface area contributed by atoms with Gasteiger partial charge in [-0.05, 0) is 42.8 Å². The van der Waals surface area contributed by atoms with E-state index >= 15 is 0 Å². The Morgan fingerprint density at radius 2 is 1.87 bits per heavy atom. The Balaban J connectivity index is 0.00000272. The van der Waals surface area contributed by atoms with Crippen LogP contribution in [0.2, 0.25) is 0 Å². The molecule has 0 amide bonds. The zero-order chi connectivity index (χ0) is 20.4. The number of hydrogen-bond acceptors (Lipinski definition) is 6. The third-order valence-electron chi connectivity index (χ3n) is 5.15. The topological polar surface area (TPSA) is 80.5 Å². The summed E-state index contributed by atoms with van der Waals surface area (Å²) in [7, 11) is 0. The fourth-order valence-corrected chi connectivity index (χ4v) is 3.48. The number of ether oxygens (including phenoxy) is 3. The van der Waals surface area contributed by atoms with Gasteiger partial charge in [0.05, 0.1) is 26.0 Å². The summed E-state index contributed by atoms with van der Waals surface area (Å²) in [4.78, 5) is 7.20. The maximum Gasteiger partial charge on any atom is 0.231 e. The fourth-order valence-electron chi connectivity index (χ4n) is 3.48. The maximum absolute atomic E-state index is 5.46. The van der Waals surface area contributed by atoms with E-state index in [2.05, 4.69) is 15.5 Å². The third kappa shape index (κ3) is 7.58. The van der Waals surface area contributed by atoms with Gasteiger partial charge in [-0.1, -0.05) is 6.07 Å². The van der Waals surface area contributed by atoms with Gasteiger partial charge in [0.2, 0.25) is 6.79 Å². The molecule has 0 unspecified atom stereocenters. The van der Waals surface area contributed by atoms with Gasteiger partial charge in [-0.25, -0.2) is 4.99 Å². The van der Waals surface area contributed by atoms with Crippen LogP contribution in [-0.4, -0.2) is 63.6 Å². The summed E-state index contributed by atoms with van der Waals surface area (Å²) in [6.07, 6.45) is 3.57. The molecule has 8 nitrogen and oxygen atoms in total. The van der Waals surface area contributed by atoms with Gasteiger partial charge >= 0.3 is 0 Å². The van der Waals surface area contributed by atoms with Crippen LogP contribution in [0.4, 0.5) is 0 Å². The first-order chi connectivity index (χ1) is 14.9. The average Bonchev–Trinajstić information content (AvgIpc) is 3.46. The lowest BCUT2D eigenvalue weighted by molar-refractivity contribution is 0.0376. The van der Waals surface area contributed by atoms with Gasteiger partial charge in [0.25, 0.3) is 0 Å². The highest BCUT2D eigenvalue weighted by Gasteiger charge is 2.13. The van der Waals surface area contributed by atoms with Crippen molar-refractivity contribution in [3.63, 3.8) is 0 Å².